The van der Waals surface area contributed by atoms with Gasteiger partial charge in [0.1, 0.15) is 0 Å². The van der Waals surface area contributed by atoms with E-state index >= 15 is 0 Å². The summed E-state index contributed by atoms with van der Waals surface area (Å²) in [6, 6.07) is 6.11. The first-order chi connectivity index (χ1) is 6.59. The zero-order valence-corrected chi connectivity index (χ0v) is 11.8. The highest BCUT2D eigenvalue weighted by molar-refractivity contribution is 9.10. The number of nitrogens with two attached hydrogens (primary N) is 1. The summed E-state index contributed by atoms with van der Waals surface area (Å²) in [4.78, 5) is 0. The van der Waals surface area contributed by atoms with Gasteiger partial charge >= 0.3 is 0 Å². The molecule has 80 valence electrons. The molecule has 0 atom stereocenters. The van der Waals surface area contributed by atoms with Gasteiger partial charge in [-0.25, -0.2) is 0 Å². The Morgan fingerprint density at radius 1 is 1.29 bits per heavy atom. The van der Waals surface area contributed by atoms with Gasteiger partial charge in [-0.15, -0.1) is 7.92 Å². The molecule has 0 spiro atoms. The van der Waals surface area contributed by atoms with Crippen LogP contribution in [0.15, 0.2) is 22.7 Å². The zero-order valence-electron chi connectivity index (χ0n) is 9.34. The van der Waals surface area contributed by atoms with Gasteiger partial charge in [0, 0.05) is 10.2 Å². The van der Waals surface area contributed by atoms with Gasteiger partial charge < -0.3 is 5.73 Å². The maximum absolute atomic E-state index is 5.85. The fraction of sp³-hybridized carbons (Fsp3) is 0.455. The minimum atomic E-state index is 0.102. The second-order valence-electron chi connectivity index (χ2n) is 3.08. The van der Waals surface area contributed by atoms with Gasteiger partial charge in [-0.05, 0) is 37.2 Å². The Bertz CT molecular complexity index is 274. The van der Waals surface area contributed by atoms with Crippen molar-refractivity contribution in [1.29, 1.82) is 0 Å². The number of halogens is 1. The first-order valence-corrected chi connectivity index (χ1v) is 7.99. The highest BCUT2D eigenvalue weighted by Gasteiger charge is 2.01. The minimum Gasteiger partial charge on any atom is -0.398 e. The van der Waals surface area contributed by atoms with Crippen molar-refractivity contribution in [2.24, 2.45) is 0 Å². The number of rotatable bonds is 2. The smallest absolute Gasteiger partial charge is 0.0361 e. The van der Waals surface area contributed by atoms with Crippen LogP contribution in [0.4, 0.5) is 5.69 Å². The predicted molar refractivity (Wildman–Crippen MR) is 72.4 cm³/mol. The third kappa shape index (κ3) is 4.97. The lowest BCUT2D eigenvalue weighted by molar-refractivity contribution is 1.39. The lowest BCUT2D eigenvalue weighted by Crippen LogP contribution is -1.92. The van der Waals surface area contributed by atoms with Gasteiger partial charge in [0.15, 0.2) is 0 Å². The molecule has 0 saturated heterocycles. The van der Waals surface area contributed by atoms with Gasteiger partial charge in [0.05, 0.1) is 0 Å². The van der Waals surface area contributed by atoms with Gasteiger partial charge in [0.2, 0.25) is 0 Å². The fourth-order valence-corrected chi connectivity index (χ4v) is 2.40. The monoisotopic (exact) mass is 275 g/mol. The van der Waals surface area contributed by atoms with Crippen LogP contribution in [-0.2, 0) is 6.16 Å². The summed E-state index contributed by atoms with van der Waals surface area (Å²) in [7, 11) is 0.102. The molecule has 1 aromatic rings. The van der Waals surface area contributed by atoms with Crippen molar-refractivity contribution >= 4 is 29.5 Å². The molecule has 0 saturated carbocycles. The van der Waals surface area contributed by atoms with Crippen molar-refractivity contribution in [3.05, 3.63) is 28.2 Å². The molecule has 1 rings (SSSR count). The summed E-state index contributed by atoms with van der Waals surface area (Å²) in [6.45, 7) is 8.52. The summed E-state index contributed by atoms with van der Waals surface area (Å²) in [5.74, 6) is 0. The van der Waals surface area contributed by atoms with E-state index in [0.717, 1.165) is 16.3 Å². The van der Waals surface area contributed by atoms with Crippen LogP contribution in [0, 0.1) is 0 Å². The van der Waals surface area contributed by atoms with E-state index in [1.165, 1.54) is 5.56 Å². The molecular weight excluding hydrogens is 257 g/mol. The fourth-order valence-electron chi connectivity index (χ4n) is 1.05. The summed E-state index contributed by atoms with van der Waals surface area (Å²) in [5.41, 5.74) is 8.03. The molecule has 1 aromatic carbocycles. The van der Waals surface area contributed by atoms with E-state index in [1.807, 2.05) is 26.0 Å². The first kappa shape index (κ1) is 13.9. The van der Waals surface area contributed by atoms with Crippen LogP contribution in [0.5, 0.6) is 0 Å². The van der Waals surface area contributed by atoms with Gasteiger partial charge in [-0.1, -0.05) is 35.8 Å². The van der Waals surface area contributed by atoms with Crippen molar-refractivity contribution < 1.29 is 0 Å². The molecule has 0 aliphatic carbocycles. The average molecular weight is 276 g/mol. The summed E-state index contributed by atoms with van der Waals surface area (Å²) < 4.78 is 1.06. The highest BCUT2D eigenvalue weighted by Crippen LogP contribution is 2.33. The highest BCUT2D eigenvalue weighted by atomic mass is 79.9. The van der Waals surface area contributed by atoms with Crippen LogP contribution in [0.1, 0.15) is 19.4 Å². The van der Waals surface area contributed by atoms with E-state index < -0.39 is 0 Å². The number of benzene rings is 1. The Morgan fingerprint density at radius 3 is 2.29 bits per heavy atom. The van der Waals surface area contributed by atoms with Gasteiger partial charge in [0.25, 0.3) is 0 Å². The van der Waals surface area contributed by atoms with E-state index in [9.17, 15) is 0 Å². The van der Waals surface area contributed by atoms with Crippen molar-refractivity contribution in [2.45, 2.75) is 20.0 Å². The van der Waals surface area contributed by atoms with Crippen LogP contribution < -0.4 is 5.73 Å². The summed E-state index contributed by atoms with van der Waals surface area (Å²) >= 11 is 3.39. The molecule has 14 heavy (non-hydrogen) atoms. The van der Waals surface area contributed by atoms with E-state index in [2.05, 4.69) is 35.3 Å². The summed E-state index contributed by atoms with van der Waals surface area (Å²) in [6.07, 6.45) is 1.12. The van der Waals surface area contributed by atoms with E-state index in [4.69, 9.17) is 5.73 Å². The largest absolute Gasteiger partial charge is 0.398 e. The Morgan fingerprint density at radius 2 is 1.86 bits per heavy atom. The molecule has 0 aliphatic rings. The van der Waals surface area contributed by atoms with E-state index in [-0.39, 0.29) is 7.92 Å². The Kier molecular flexibility index (Phi) is 7.22. The van der Waals surface area contributed by atoms with Crippen LogP contribution >= 0.6 is 23.9 Å². The molecule has 0 amide bonds. The molecule has 0 fully saturated rings. The second-order valence-corrected chi connectivity index (χ2v) is 6.47. The minimum absolute atomic E-state index is 0.102. The SMILES string of the molecule is CC.CP(C)Cc1ccc(Br)cc1N. The second kappa shape index (κ2) is 7.25. The number of hydrogen-bond donors (Lipinski definition) is 1. The molecule has 0 aliphatic heterocycles. The number of anilines is 1. The van der Waals surface area contributed by atoms with E-state index in [1.54, 1.807) is 0 Å². The molecule has 0 unspecified atom stereocenters. The van der Waals surface area contributed by atoms with Crippen LogP contribution in [0.3, 0.4) is 0 Å². The molecule has 0 radical (unpaired) electrons. The number of hydrogen-bond acceptors (Lipinski definition) is 1. The van der Waals surface area contributed by atoms with Crippen molar-refractivity contribution in [1.82, 2.24) is 0 Å². The molecular formula is C11H19BrNP. The molecule has 1 nitrogen and oxygen atoms in total. The average Bonchev–Trinajstić information content (AvgIpc) is 2.13. The third-order valence-electron chi connectivity index (χ3n) is 1.59. The maximum atomic E-state index is 5.85. The normalized spacial score (nSPS) is 9.57. The third-order valence-corrected chi connectivity index (χ3v) is 3.06. The lowest BCUT2D eigenvalue weighted by Gasteiger charge is -2.08. The van der Waals surface area contributed by atoms with Crippen molar-refractivity contribution in [3.8, 4) is 0 Å². The maximum Gasteiger partial charge on any atom is 0.0361 e. The van der Waals surface area contributed by atoms with Gasteiger partial charge in [-0.2, -0.15) is 0 Å². The summed E-state index contributed by atoms with van der Waals surface area (Å²) in [5, 5.41) is 0. The Balaban J connectivity index is 0.000000791. The predicted octanol–water partition coefficient (Wildman–Crippen LogP) is 4.30. The number of nitrogen functional groups attached to an aromatic ring is 1. The van der Waals surface area contributed by atoms with Crippen LogP contribution in [0.2, 0.25) is 0 Å². The quantitative estimate of drug-likeness (QED) is 0.632. The molecule has 3 heteroatoms. The molecule has 0 bridgehead atoms. The Labute approximate surface area is 97.0 Å². The zero-order chi connectivity index (χ0) is 11.1. The van der Waals surface area contributed by atoms with E-state index in [0.29, 0.717) is 0 Å². The van der Waals surface area contributed by atoms with Gasteiger partial charge in [-0.3, -0.25) is 0 Å². The molecule has 0 heterocycles. The van der Waals surface area contributed by atoms with Crippen LogP contribution in [-0.4, -0.2) is 13.3 Å². The topological polar surface area (TPSA) is 26.0 Å². The molecule has 0 aromatic heterocycles. The van der Waals surface area contributed by atoms with Crippen molar-refractivity contribution in [2.75, 3.05) is 19.1 Å². The van der Waals surface area contributed by atoms with Crippen molar-refractivity contribution in [3.63, 3.8) is 0 Å². The lowest BCUT2D eigenvalue weighted by atomic mass is 10.2. The molecule has 2 N–H and O–H groups in total. The Hall–Kier alpha value is -0.0700. The van der Waals surface area contributed by atoms with Crippen LogP contribution in [0.25, 0.3) is 0 Å². The first-order valence-electron chi connectivity index (χ1n) is 4.78. The standard InChI is InChI=1S/C9H13BrNP.C2H6/c1-12(2)6-7-3-4-8(10)5-9(7)11;1-2/h3-5H,6,11H2,1-2H3;1-2H3.